The molecule has 2 rings (SSSR count). The molecule has 0 saturated carbocycles. The van der Waals surface area contributed by atoms with Gasteiger partial charge in [0.05, 0.1) is 70.3 Å². The number of hydrogen-bond acceptors (Lipinski definition) is 16. The summed E-state index contributed by atoms with van der Waals surface area (Å²) < 4.78 is 27.6. The Morgan fingerprint density at radius 3 is 1.70 bits per heavy atom. The van der Waals surface area contributed by atoms with E-state index in [1.807, 2.05) is 36.1 Å². The normalized spacial score (nSPS) is 12.0. The second-order valence-electron chi connectivity index (χ2n) is 15.2. The zero-order chi connectivity index (χ0) is 47.7. The van der Waals surface area contributed by atoms with Crippen LogP contribution in [0.15, 0.2) is 52.7 Å². The number of nitrogens with zero attached hydrogens (tertiary/aromatic N) is 5. The first kappa shape index (κ1) is 63.5. The number of thiophene rings is 1. The van der Waals surface area contributed by atoms with Crippen LogP contribution in [0.2, 0.25) is 0 Å². The van der Waals surface area contributed by atoms with Crippen molar-refractivity contribution >= 4 is 56.6 Å². The topological polar surface area (TPSA) is 217 Å². The number of allylic oxidation sites excluding steroid dienone is 4. The van der Waals surface area contributed by atoms with Gasteiger partial charge in [0.25, 0.3) is 0 Å². The van der Waals surface area contributed by atoms with Gasteiger partial charge in [-0.2, -0.15) is 5.26 Å². The minimum absolute atomic E-state index is 0. The number of ether oxygens (including phenoxy) is 5. The SMILES string of the molecule is [C-]#[N+]c1sc(N=Nc2ccc(N(CCOCCOCCOC(=O)CC(C/C=C/CCCCC)C(=O)[O-])CCOCCOC(=O)CC(C/C=C/CCCCC)C(=O)[O-])cc2C)c(C#N)c1C.[Na+].[Na+]. The van der Waals surface area contributed by atoms with Gasteiger partial charge in [-0.1, -0.05) is 63.8 Å². The predicted molar refractivity (Wildman–Crippen MR) is 244 cm³/mol. The Labute approximate surface area is 444 Å². The molecule has 2 aromatic rings. The van der Waals surface area contributed by atoms with Crippen molar-refractivity contribution in [1.82, 2.24) is 0 Å². The summed E-state index contributed by atoms with van der Waals surface area (Å²) in [5.41, 5.74) is 3.14. The molecule has 0 aliphatic rings. The van der Waals surface area contributed by atoms with Gasteiger partial charge in [0, 0.05) is 42.6 Å². The molecular formula is C48H65N5Na2O11S. The van der Waals surface area contributed by atoms with Crippen LogP contribution in [0.4, 0.5) is 21.4 Å². The van der Waals surface area contributed by atoms with Crippen LogP contribution in [0.25, 0.3) is 4.85 Å². The van der Waals surface area contributed by atoms with Crippen LogP contribution < -0.4 is 74.2 Å². The van der Waals surface area contributed by atoms with Crippen LogP contribution in [0.1, 0.15) is 108 Å². The van der Waals surface area contributed by atoms with E-state index in [1.54, 1.807) is 25.1 Å². The van der Waals surface area contributed by atoms with E-state index in [0.29, 0.717) is 46.5 Å². The Morgan fingerprint density at radius 1 is 0.761 bits per heavy atom. The monoisotopic (exact) mass is 965 g/mol. The van der Waals surface area contributed by atoms with E-state index in [-0.39, 0.29) is 131 Å². The second kappa shape index (κ2) is 39.4. The average Bonchev–Trinajstić information content (AvgIpc) is 3.60. The van der Waals surface area contributed by atoms with Crippen LogP contribution in [0, 0.1) is 43.6 Å². The molecule has 0 saturated heterocycles. The quantitative estimate of drug-likeness (QED) is 0.0238. The number of carbonyl (C=O) groups excluding carboxylic acids is 4. The fourth-order valence-corrected chi connectivity index (χ4v) is 7.11. The molecule has 67 heavy (non-hydrogen) atoms. The number of unbranched alkanes of at least 4 members (excludes halogenated alkanes) is 6. The first-order chi connectivity index (χ1) is 31.4. The molecule has 0 amide bonds. The molecule has 0 fully saturated rings. The number of carboxylic acid groups (broad SMARTS) is 2. The summed E-state index contributed by atoms with van der Waals surface area (Å²) in [6.07, 6.45) is 15.4. The van der Waals surface area contributed by atoms with Crippen molar-refractivity contribution in [3.8, 4) is 6.07 Å². The molecule has 0 radical (unpaired) electrons. The predicted octanol–water partition coefficient (Wildman–Crippen LogP) is 1.72. The van der Waals surface area contributed by atoms with Gasteiger partial charge in [-0.05, 0) is 81.7 Å². The van der Waals surface area contributed by atoms with Crippen molar-refractivity contribution in [3.63, 3.8) is 0 Å². The summed E-state index contributed by atoms with van der Waals surface area (Å²) >= 11 is 1.12. The third kappa shape index (κ3) is 27.4. The molecule has 1 heterocycles. The zero-order valence-corrected chi connectivity index (χ0v) is 45.2. The third-order valence-corrected chi connectivity index (χ3v) is 11.2. The first-order valence-electron chi connectivity index (χ1n) is 22.4. The van der Waals surface area contributed by atoms with Gasteiger partial charge < -0.3 is 48.4 Å². The van der Waals surface area contributed by atoms with Crippen LogP contribution in [0.3, 0.4) is 0 Å². The molecule has 1 aromatic heterocycles. The number of rotatable bonds is 36. The van der Waals surface area contributed by atoms with E-state index in [1.165, 1.54) is 0 Å². The van der Waals surface area contributed by atoms with E-state index < -0.39 is 35.7 Å². The maximum Gasteiger partial charge on any atom is 1.00 e. The number of nitriles is 1. The van der Waals surface area contributed by atoms with E-state index >= 15 is 0 Å². The minimum Gasteiger partial charge on any atom is -0.550 e. The molecule has 0 aliphatic heterocycles. The van der Waals surface area contributed by atoms with Gasteiger partial charge in [0.15, 0.2) is 0 Å². The number of aryl methyl sites for hydroxylation is 1. The number of carbonyl (C=O) groups is 4. The number of carboxylic acids is 2. The zero-order valence-electron chi connectivity index (χ0n) is 40.4. The molecule has 19 heteroatoms. The number of esters is 2. The number of azo groups is 1. The summed E-state index contributed by atoms with van der Waals surface area (Å²) in [7, 11) is 0. The van der Waals surface area contributed by atoms with Gasteiger partial charge in [-0.3, -0.25) is 9.59 Å². The van der Waals surface area contributed by atoms with Crippen molar-refractivity contribution in [1.29, 1.82) is 5.26 Å². The second-order valence-corrected chi connectivity index (χ2v) is 16.2. The van der Waals surface area contributed by atoms with Crippen molar-refractivity contribution in [2.45, 2.75) is 105 Å². The minimum atomic E-state index is -1.29. The summed E-state index contributed by atoms with van der Waals surface area (Å²) in [5.74, 6) is -5.77. The maximum absolute atomic E-state index is 12.4. The Morgan fingerprint density at radius 2 is 1.25 bits per heavy atom. The van der Waals surface area contributed by atoms with E-state index in [2.05, 4.69) is 35.0 Å². The summed E-state index contributed by atoms with van der Waals surface area (Å²) in [5, 5.41) is 42.1. The number of benzene rings is 1. The Bertz CT molecular complexity index is 1950. The van der Waals surface area contributed by atoms with Crippen molar-refractivity contribution in [3.05, 3.63) is 70.6 Å². The fraction of sp³-hybridized carbons (Fsp3) is 0.583. The molecule has 0 spiro atoms. The van der Waals surface area contributed by atoms with Crippen LogP contribution >= 0.6 is 11.3 Å². The molecule has 2 unspecified atom stereocenters. The summed E-state index contributed by atoms with van der Waals surface area (Å²) in [4.78, 5) is 53.2. The van der Waals surface area contributed by atoms with E-state index in [4.69, 9.17) is 30.3 Å². The molecule has 0 aliphatic carbocycles. The largest absolute Gasteiger partial charge is 1.00 e. The van der Waals surface area contributed by atoms with Gasteiger partial charge in [0.1, 0.15) is 24.3 Å². The van der Waals surface area contributed by atoms with Crippen LogP contribution in [-0.2, 0) is 42.9 Å². The van der Waals surface area contributed by atoms with Gasteiger partial charge in [-0.15, -0.1) is 21.6 Å². The number of anilines is 1. The van der Waals surface area contributed by atoms with Gasteiger partial charge in [0.2, 0.25) is 5.00 Å². The van der Waals surface area contributed by atoms with Gasteiger partial charge >= 0.3 is 71.1 Å². The Kier molecular flexibility index (Phi) is 37.4. The van der Waals surface area contributed by atoms with Crippen molar-refractivity contribution < 1.29 is 112 Å². The first-order valence-corrected chi connectivity index (χ1v) is 23.2. The van der Waals surface area contributed by atoms with Crippen LogP contribution in [-0.4, -0.2) is 89.8 Å². The molecular weight excluding hydrogens is 901 g/mol. The Balaban J connectivity index is 0.0000218. The number of aliphatic carboxylic acids is 2. The third-order valence-electron chi connectivity index (χ3n) is 10.1. The fourth-order valence-electron chi connectivity index (χ4n) is 6.24. The smallest absolute Gasteiger partial charge is 0.550 e. The number of hydrogen-bond donors (Lipinski definition) is 0. The maximum atomic E-state index is 12.4. The van der Waals surface area contributed by atoms with Gasteiger partial charge in [-0.25, -0.2) is 4.85 Å². The summed E-state index contributed by atoms with van der Waals surface area (Å²) in [6.45, 7) is 17.3. The van der Waals surface area contributed by atoms with Crippen molar-refractivity contribution in [2.75, 3.05) is 70.8 Å². The van der Waals surface area contributed by atoms with E-state index in [9.17, 15) is 34.7 Å². The standard InChI is InChI=1S/C48H67N5O11S.2Na/c1-6-8-10-12-14-16-18-38(47(56)57)33-43(54)63-30-28-61-25-23-53(40-20-21-42(36(3)32-40)51-52-46-41(35-49)37(4)45(50-5)65-46)22-24-60-26-27-62-29-31-64-44(55)34-39(48(58)59)19-17-15-13-11-9-7-2;;/h14-17,20-21,32,38-39H,6-13,18-19,22-31,33-34H2,1-4H3,(H,56,57)(H,58,59);;/q;2*+1/p-2/b16-14+,17-15+,52-51?;;. The van der Waals surface area contributed by atoms with Crippen LogP contribution in [0.5, 0.6) is 0 Å². The Hall–Kier alpha value is -3.46. The summed E-state index contributed by atoms with van der Waals surface area (Å²) in [6, 6.07) is 7.72. The molecule has 1 aromatic carbocycles. The molecule has 2 atom stereocenters. The molecule has 16 nitrogen and oxygen atoms in total. The average molecular weight is 966 g/mol. The molecule has 0 bridgehead atoms. The van der Waals surface area contributed by atoms with E-state index in [0.717, 1.165) is 74.0 Å². The van der Waals surface area contributed by atoms with Crippen molar-refractivity contribution in [2.24, 2.45) is 22.1 Å². The molecule has 356 valence electrons. The molecule has 0 N–H and O–H groups in total.